The van der Waals surface area contributed by atoms with Crippen LogP contribution < -0.4 is 4.74 Å². The molecule has 2 aromatic rings. The number of carbonyl (C=O) groups excluding carboxylic acids is 2. The van der Waals surface area contributed by atoms with Gasteiger partial charge in [0.05, 0.1) is 24.7 Å². The van der Waals surface area contributed by atoms with Crippen LogP contribution in [0.1, 0.15) is 33.2 Å². The van der Waals surface area contributed by atoms with E-state index in [0.29, 0.717) is 21.3 Å². The zero-order valence-corrected chi connectivity index (χ0v) is 16.8. The van der Waals surface area contributed by atoms with Gasteiger partial charge in [0, 0.05) is 18.2 Å². The summed E-state index contributed by atoms with van der Waals surface area (Å²) in [6.45, 7) is 1.29. The lowest BCUT2D eigenvalue weighted by molar-refractivity contribution is -0.0258. The molecule has 0 heterocycles. The van der Waals surface area contributed by atoms with Gasteiger partial charge < -0.3 is 9.47 Å². The molecule has 0 aliphatic heterocycles. The van der Waals surface area contributed by atoms with Crippen molar-refractivity contribution in [3.05, 3.63) is 59.2 Å². The highest BCUT2D eigenvalue weighted by Gasteiger charge is 2.22. The topological polar surface area (TPSA) is 99.2 Å². The van der Waals surface area contributed by atoms with E-state index in [1.807, 2.05) is 0 Å². The molecule has 0 bridgehead atoms. The summed E-state index contributed by atoms with van der Waals surface area (Å²) >= 11 is 0. The fourth-order valence-corrected chi connectivity index (χ4v) is 3.39. The highest BCUT2D eigenvalue weighted by molar-refractivity contribution is 7.89. The van der Waals surface area contributed by atoms with Crippen molar-refractivity contribution >= 4 is 21.8 Å². The second-order valence-electron chi connectivity index (χ2n) is 5.78. The summed E-state index contributed by atoms with van der Waals surface area (Å²) in [5.41, 5.74) is 1.04. The van der Waals surface area contributed by atoms with Crippen molar-refractivity contribution in [2.45, 2.75) is 18.4 Å². The van der Waals surface area contributed by atoms with E-state index in [-0.39, 0.29) is 22.8 Å². The molecule has 0 fully saturated rings. The van der Waals surface area contributed by atoms with Crippen molar-refractivity contribution in [3.8, 4) is 5.75 Å². The standard InChI is InChI=1S/C19H21NO7S/c1-13(21)14-8-9-18(25-3)16(10-14)12-27-19(22)15-6-5-7-17(11-15)28(23,24)20(2)26-4/h5-11H,12H2,1-4H3. The van der Waals surface area contributed by atoms with Crippen LogP contribution in [0, 0.1) is 0 Å². The smallest absolute Gasteiger partial charge is 0.338 e. The molecule has 0 spiro atoms. The third-order valence-corrected chi connectivity index (χ3v) is 5.68. The molecule has 28 heavy (non-hydrogen) atoms. The van der Waals surface area contributed by atoms with Gasteiger partial charge in [-0.15, -0.1) is 0 Å². The molecule has 0 atom stereocenters. The van der Waals surface area contributed by atoms with E-state index in [0.717, 1.165) is 0 Å². The maximum absolute atomic E-state index is 12.4. The SMILES string of the molecule is COc1ccc(C(C)=O)cc1COC(=O)c1cccc(S(=O)(=O)N(C)OC)c1. The second-order valence-corrected chi connectivity index (χ2v) is 7.72. The van der Waals surface area contributed by atoms with Crippen molar-refractivity contribution in [1.29, 1.82) is 0 Å². The molecule has 0 aromatic heterocycles. The maximum atomic E-state index is 12.4. The Morgan fingerprint density at radius 3 is 2.36 bits per heavy atom. The van der Waals surface area contributed by atoms with Crippen LogP contribution in [0.15, 0.2) is 47.4 Å². The van der Waals surface area contributed by atoms with Crippen molar-refractivity contribution in [1.82, 2.24) is 4.47 Å². The number of hydrogen-bond acceptors (Lipinski definition) is 7. The van der Waals surface area contributed by atoms with Crippen molar-refractivity contribution in [2.24, 2.45) is 0 Å². The number of hydrogen-bond donors (Lipinski definition) is 0. The molecule has 8 nitrogen and oxygen atoms in total. The quantitative estimate of drug-likeness (QED) is 0.376. The number of sulfonamides is 1. The Labute approximate surface area is 163 Å². The zero-order chi connectivity index (χ0) is 20.9. The Bertz CT molecular complexity index is 986. The predicted molar refractivity (Wildman–Crippen MR) is 101 cm³/mol. The molecule has 150 valence electrons. The molecule has 0 N–H and O–H groups in total. The molecule has 0 saturated carbocycles. The van der Waals surface area contributed by atoms with Gasteiger partial charge in [-0.3, -0.25) is 9.63 Å². The summed E-state index contributed by atoms with van der Waals surface area (Å²) in [7, 11) is 0.0400. The molecule has 2 rings (SSSR count). The van der Waals surface area contributed by atoms with E-state index in [9.17, 15) is 18.0 Å². The molecule has 0 unspecified atom stereocenters. The van der Waals surface area contributed by atoms with Crippen LogP contribution in [0.2, 0.25) is 0 Å². The molecule has 9 heteroatoms. The largest absolute Gasteiger partial charge is 0.496 e. The third-order valence-electron chi connectivity index (χ3n) is 4.01. The number of benzene rings is 2. The second kappa shape index (κ2) is 8.96. The van der Waals surface area contributed by atoms with E-state index in [4.69, 9.17) is 14.3 Å². The van der Waals surface area contributed by atoms with E-state index in [1.54, 1.807) is 18.2 Å². The normalized spacial score (nSPS) is 11.3. The van der Waals surface area contributed by atoms with Crippen LogP contribution in [-0.4, -0.2) is 45.9 Å². The predicted octanol–water partition coefficient (Wildman–Crippen LogP) is 2.44. The summed E-state index contributed by atoms with van der Waals surface area (Å²) in [6.07, 6.45) is 0. The number of nitrogens with zero attached hydrogens (tertiary/aromatic N) is 1. The summed E-state index contributed by atoms with van der Waals surface area (Å²) in [6, 6.07) is 10.3. The van der Waals surface area contributed by atoms with Gasteiger partial charge in [0.25, 0.3) is 10.0 Å². The zero-order valence-electron chi connectivity index (χ0n) is 16.0. The minimum Gasteiger partial charge on any atom is -0.496 e. The average Bonchev–Trinajstić information content (AvgIpc) is 2.70. The number of Topliss-reactive ketones (excluding diaryl/α,β-unsaturated/α-hetero) is 1. The highest BCUT2D eigenvalue weighted by Crippen LogP contribution is 2.22. The first-order valence-electron chi connectivity index (χ1n) is 8.18. The average molecular weight is 407 g/mol. The number of carbonyl (C=O) groups is 2. The summed E-state index contributed by atoms with van der Waals surface area (Å²) in [5, 5.41) is 0. The van der Waals surface area contributed by atoms with Gasteiger partial charge >= 0.3 is 5.97 Å². The van der Waals surface area contributed by atoms with Crippen molar-refractivity contribution < 1.29 is 32.3 Å². The number of methoxy groups -OCH3 is 1. The Balaban J connectivity index is 2.22. The molecular weight excluding hydrogens is 386 g/mol. The first-order valence-corrected chi connectivity index (χ1v) is 9.62. The maximum Gasteiger partial charge on any atom is 0.338 e. The fraction of sp³-hybridized carbons (Fsp3) is 0.263. The van der Waals surface area contributed by atoms with E-state index >= 15 is 0 Å². The number of hydroxylamine groups is 1. The Kier molecular flexibility index (Phi) is 6.90. The third kappa shape index (κ3) is 4.75. The van der Waals surface area contributed by atoms with Crippen LogP contribution in [-0.2, 0) is 26.2 Å². The lowest BCUT2D eigenvalue weighted by atomic mass is 10.1. The van der Waals surface area contributed by atoms with Crippen LogP contribution >= 0.6 is 0 Å². The van der Waals surface area contributed by atoms with Gasteiger partial charge in [-0.2, -0.15) is 0 Å². The molecule has 2 aromatic carbocycles. The van der Waals surface area contributed by atoms with Gasteiger partial charge in [-0.1, -0.05) is 10.5 Å². The van der Waals surface area contributed by atoms with E-state index in [1.165, 1.54) is 52.5 Å². The van der Waals surface area contributed by atoms with Crippen LogP contribution in [0.25, 0.3) is 0 Å². The molecule has 0 amide bonds. The monoisotopic (exact) mass is 407 g/mol. The minimum absolute atomic E-state index is 0.0623. The van der Waals surface area contributed by atoms with Crippen LogP contribution in [0.4, 0.5) is 0 Å². The van der Waals surface area contributed by atoms with E-state index < -0.39 is 16.0 Å². The summed E-state index contributed by atoms with van der Waals surface area (Å²) in [4.78, 5) is 28.5. The van der Waals surface area contributed by atoms with Gasteiger partial charge in [0.15, 0.2) is 5.78 Å². The van der Waals surface area contributed by atoms with Crippen molar-refractivity contribution in [2.75, 3.05) is 21.3 Å². The summed E-state index contributed by atoms with van der Waals surface area (Å²) < 4.78 is 35.8. The number of ether oxygens (including phenoxy) is 2. The van der Waals surface area contributed by atoms with Gasteiger partial charge in [0.1, 0.15) is 12.4 Å². The number of esters is 1. The lowest BCUT2D eigenvalue weighted by Crippen LogP contribution is -2.25. The van der Waals surface area contributed by atoms with Crippen LogP contribution in [0.3, 0.4) is 0 Å². The first-order chi connectivity index (χ1) is 13.2. The molecule has 0 radical (unpaired) electrons. The molecular formula is C19H21NO7S. The molecule has 0 saturated heterocycles. The fourth-order valence-electron chi connectivity index (χ4n) is 2.37. The number of rotatable bonds is 8. The van der Waals surface area contributed by atoms with E-state index in [2.05, 4.69) is 0 Å². The number of ketones is 1. The molecule has 0 aliphatic rings. The lowest BCUT2D eigenvalue weighted by Gasteiger charge is -2.14. The van der Waals surface area contributed by atoms with Crippen molar-refractivity contribution in [3.63, 3.8) is 0 Å². The van der Waals surface area contributed by atoms with Crippen LogP contribution in [0.5, 0.6) is 5.75 Å². The summed E-state index contributed by atoms with van der Waals surface area (Å²) in [5.74, 6) is -0.376. The van der Waals surface area contributed by atoms with Gasteiger partial charge in [-0.25, -0.2) is 13.2 Å². The Morgan fingerprint density at radius 1 is 1.04 bits per heavy atom. The van der Waals surface area contributed by atoms with Gasteiger partial charge in [-0.05, 0) is 43.3 Å². The molecule has 0 aliphatic carbocycles. The first kappa shape index (κ1) is 21.5. The Hall–Kier alpha value is -2.75. The minimum atomic E-state index is -3.89. The highest BCUT2D eigenvalue weighted by atomic mass is 32.2. The van der Waals surface area contributed by atoms with Gasteiger partial charge in [0.2, 0.25) is 0 Å². The Morgan fingerprint density at radius 2 is 1.75 bits per heavy atom.